The second-order valence-electron chi connectivity index (χ2n) is 4.84. The van der Waals surface area contributed by atoms with Crippen molar-refractivity contribution in [2.45, 2.75) is 6.42 Å². The molecular weight excluding hydrogens is 300 g/mol. The van der Waals surface area contributed by atoms with Gasteiger partial charge in [0.05, 0.1) is 7.11 Å². The van der Waals surface area contributed by atoms with Crippen LogP contribution in [0.15, 0.2) is 36.4 Å². The van der Waals surface area contributed by atoms with Gasteiger partial charge in [0, 0.05) is 12.2 Å². The number of rotatable bonds is 5. The third-order valence-electron chi connectivity index (χ3n) is 3.18. The molecule has 7 nitrogen and oxygen atoms in total. The Morgan fingerprint density at radius 3 is 2.26 bits per heavy atom. The van der Waals surface area contributed by atoms with Gasteiger partial charge >= 0.3 is 6.03 Å². The third-order valence-corrected chi connectivity index (χ3v) is 3.18. The topological polar surface area (TPSA) is 111 Å². The van der Waals surface area contributed by atoms with Gasteiger partial charge in [0.2, 0.25) is 0 Å². The van der Waals surface area contributed by atoms with Crippen LogP contribution in [0.1, 0.15) is 5.56 Å². The van der Waals surface area contributed by atoms with Crippen LogP contribution in [0.2, 0.25) is 0 Å². The molecule has 122 valence electrons. The van der Waals surface area contributed by atoms with Crippen LogP contribution in [0, 0.1) is 0 Å². The molecular formula is C16H18N2O5. The van der Waals surface area contributed by atoms with Gasteiger partial charge in [-0.3, -0.25) is 0 Å². The molecule has 0 heterocycles. The van der Waals surface area contributed by atoms with E-state index in [1.807, 2.05) is 0 Å². The van der Waals surface area contributed by atoms with Crippen molar-refractivity contribution in [2.75, 3.05) is 19.0 Å². The maximum atomic E-state index is 11.8. The molecule has 5 N–H and O–H groups in total. The number of anilines is 1. The van der Waals surface area contributed by atoms with E-state index in [9.17, 15) is 20.1 Å². The van der Waals surface area contributed by atoms with E-state index in [2.05, 4.69) is 10.6 Å². The van der Waals surface area contributed by atoms with Crippen LogP contribution in [0.3, 0.4) is 0 Å². The maximum absolute atomic E-state index is 11.8. The summed E-state index contributed by atoms with van der Waals surface area (Å²) >= 11 is 0. The number of aromatic hydroxyl groups is 3. The van der Waals surface area contributed by atoms with Gasteiger partial charge in [-0.1, -0.05) is 0 Å². The molecule has 0 fully saturated rings. The molecule has 2 aromatic rings. The Hall–Kier alpha value is -3.09. The van der Waals surface area contributed by atoms with E-state index in [4.69, 9.17) is 4.74 Å². The van der Waals surface area contributed by atoms with E-state index in [0.29, 0.717) is 30.0 Å². The Labute approximate surface area is 133 Å². The van der Waals surface area contributed by atoms with Gasteiger partial charge in [-0.05, 0) is 48.4 Å². The third kappa shape index (κ3) is 4.44. The Morgan fingerprint density at radius 2 is 1.70 bits per heavy atom. The largest absolute Gasteiger partial charge is 0.504 e. The fourth-order valence-electron chi connectivity index (χ4n) is 1.98. The Kier molecular flexibility index (Phi) is 5.14. The molecule has 0 radical (unpaired) electrons. The molecule has 0 saturated carbocycles. The first-order valence-electron chi connectivity index (χ1n) is 6.92. The van der Waals surface area contributed by atoms with Crippen molar-refractivity contribution in [3.05, 3.63) is 42.0 Å². The summed E-state index contributed by atoms with van der Waals surface area (Å²) in [6.07, 6.45) is 0.386. The number of nitrogens with one attached hydrogen (secondary N) is 2. The molecule has 0 aliphatic heterocycles. The van der Waals surface area contributed by atoms with Crippen LogP contribution in [0.25, 0.3) is 0 Å². The molecule has 23 heavy (non-hydrogen) atoms. The predicted octanol–water partition coefficient (Wildman–Crippen LogP) is 2.18. The van der Waals surface area contributed by atoms with Crippen molar-refractivity contribution in [1.29, 1.82) is 0 Å². The first-order chi connectivity index (χ1) is 11.0. The standard InChI is InChI=1S/C16H18N2O5/c1-23-12-4-2-11(3-5-12)18-16(22)17-7-6-10-8-13(19)15(21)14(20)9-10/h2-5,8-9,19-21H,6-7H2,1H3,(H2,17,18,22). The van der Waals surface area contributed by atoms with E-state index in [1.54, 1.807) is 31.4 Å². The highest BCUT2D eigenvalue weighted by atomic mass is 16.5. The molecule has 2 amide bonds. The molecule has 2 aromatic carbocycles. The summed E-state index contributed by atoms with van der Waals surface area (Å²) < 4.78 is 5.03. The summed E-state index contributed by atoms with van der Waals surface area (Å²) in [6.45, 7) is 0.297. The summed E-state index contributed by atoms with van der Waals surface area (Å²) in [7, 11) is 1.56. The van der Waals surface area contributed by atoms with Crippen molar-refractivity contribution < 1.29 is 24.9 Å². The Morgan fingerprint density at radius 1 is 1.09 bits per heavy atom. The van der Waals surface area contributed by atoms with Crippen molar-refractivity contribution in [3.8, 4) is 23.0 Å². The number of amides is 2. The molecule has 0 unspecified atom stereocenters. The number of ether oxygens (including phenoxy) is 1. The fourth-order valence-corrected chi connectivity index (χ4v) is 1.98. The summed E-state index contributed by atoms with van der Waals surface area (Å²) in [5, 5.41) is 33.4. The maximum Gasteiger partial charge on any atom is 0.319 e. The lowest BCUT2D eigenvalue weighted by Crippen LogP contribution is -2.30. The number of carbonyl (C=O) groups is 1. The van der Waals surface area contributed by atoms with Gasteiger partial charge < -0.3 is 30.7 Å². The van der Waals surface area contributed by atoms with Gasteiger partial charge in [0.15, 0.2) is 17.2 Å². The van der Waals surface area contributed by atoms with Crippen molar-refractivity contribution in [3.63, 3.8) is 0 Å². The van der Waals surface area contributed by atoms with Gasteiger partial charge in [0.25, 0.3) is 0 Å². The number of benzene rings is 2. The highest BCUT2D eigenvalue weighted by Crippen LogP contribution is 2.35. The first kappa shape index (κ1) is 16.3. The van der Waals surface area contributed by atoms with Crippen LogP contribution >= 0.6 is 0 Å². The SMILES string of the molecule is COc1ccc(NC(=O)NCCc2cc(O)c(O)c(O)c2)cc1. The monoisotopic (exact) mass is 318 g/mol. The fraction of sp³-hybridized carbons (Fsp3) is 0.188. The van der Waals surface area contributed by atoms with Crippen LogP contribution in [0.5, 0.6) is 23.0 Å². The molecule has 0 atom stereocenters. The highest BCUT2D eigenvalue weighted by Gasteiger charge is 2.08. The van der Waals surface area contributed by atoms with Crippen molar-refractivity contribution in [1.82, 2.24) is 5.32 Å². The van der Waals surface area contributed by atoms with Gasteiger partial charge in [-0.15, -0.1) is 0 Å². The lowest BCUT2D eigenvalue weighted by molar-refractivity contribution is 0.252. The number of urea groups is 1. The van der Waals surface area contributed by atoms with E-state index in [0.717, 1.165) is 0 Å². The van der Waals surface area contributed by atoms with Gasteiger partial charge in [-0.25, -0.2) is 4.79 Å². The van der Waals surface area contributed by atoms with Gasteiger partial charge in [0.1, 0.15) is 5.75 Å². The molecule has 0 aromatic heterocycles. The minimum atomic E-state index is -0.557. The number of hydrogen-bond acceptors (Lipinski definition) is 5. The summed E-state index contributed by atoms with van der Waals surface area (Å²) in [6, 6.07) is 9.19. The Bertz CT molecular complexity index is 662. The second-order valence-corrected chi connectivity index (χ2v) is 4.84. The molecule has 0 bridgehead atoms. The van der Waals surface area contributed by atoms with E-state index < -0.39 is 17.2 Å². The average Bonchev–Trinajstić information content (AvgIpc) is 2.53. The molecule has 0 saturated heterocycles. The zero-order valence-corrected chi connectivity index (χ0v) is 12.5. The van der Waals surface area contributed by atoms with Crippen molar-refractivity contribution >= 4 is 11.7 Å². The lowest BCUT2D eigenvalue weighted by Gasteiger charge is -2.09. The number of hydrogen-bond donors (Lipinski definition) is 5. The van der Waals surface area contributed by atoms with Crippen LogP contribution in [-0.4, -0.2) is 35.0 Å². The van der Waals surface area contributed by atoms with Crippen LogP contribution in [0.4, 0.5) is 10.5 Å². The number of phenols is 3. The van der Waals surface area contributed by atoms with E-state index >= 15 is 0 Å². The summed E-state index contributed by atoms with van der Waals surface area (Å²) in [5.41, 5.74) is 1.21. The van der Waals surface area contributed by atoms with Crippen LogP contribution in [-0.2, 0) is 6.42 Å². The van der Waals surface area contributed by atoms with E-state index in [1.165, 1.54) is 12.1 Å². The zero-order valence-electron chi connectivity index (χ0n) is 12.5. The summed E-state index contributed by atoms with van der Waals surface area (Å²) in [4.78, 5) is 11.8. The molecule has 2 rings (SSSR count). The van der Waals surface area contributed by atoms with Gasteiger partial charge in [-0.2, -0.15) is 0 Å². The normalized spacial score (nSPS) is 10.1. The quantitative estimate of drug-likeness (QED) is 0.543. The number of methoxy groups -OCH3 is 1. The minimum Gasteiger partial charge on any atom is -0.504 e. The molecule has 0 aliphatic carbocycles. The average molecular weight is 318 g/mol. The molecule has 0 spiro atoms. The highest BCUT2D eigenvalue weighted by molar-refractivity contribution is 5.89. The van der Waals surface area contributed by atoms with Crippen molar-refractivity contribution in [2.24, 2.45) is 0 Å². The first-order valence-corrected chi connectivity index (χ1v) is 6.92. The molecule has 7 heteroatoms. The predicted molar refractivity (Wildman–Crippen MR) is 85.2 cm³/mol. The minimum absolute atomic E-state index is 0.297. The van der Waals surface area contributed by atoms with E-state index in [-0.39, 0.29) is 6.03 Å². The summed E-state index contributed by atoms with van der Waals surface area (Å²) in [5.74, 6) is -0.660. The smallest absolute Gasteiger partial charge is 0.319 e. The lowest BCUT2D eigenvalue weighted by atomic mass is 10.1. The number of carbonyl (C=O) groups excluding carboxylic acids is 1. The molecule has 0 aliphatic rings. The Balaban J connectivity index is 1.82. The second kappa shape index (κ2) is 7.26. The van der Waals surface area contributed by atoms with Crippen LogP contribution < -0.4 is 15.4 Å². The number of phenolic OH excluding ortho intramolecular Hbond substituents is 3. The zero-order chi connectivity index (χ0) is 16.8.